The Hall–Kier alpha value is -2.40. The quantitative estimate of drug-likeness (QED) is 0.786. The van der Waals surface area contributed by atoms with E-state index < -0.39 is 5.91 Å². The first-order valence-corrected chi connectivity index (χ1v) is 6.23. The van der Waals surface area contributed by atoms with E-state index >= 15 is 0 Å². The molecular weight excluding hydrogens is 281 g/mol. The van der Waals surface area contributed by atoms with Gasteiger partial charge in [-0.2, -0.15) is 5.10 Å². The second-order valence-corrected chi connectivity index (χ2v) is 4.53. The van der Waals surface area contributed by atoms with Gasteiger partial charge in [0.2, 0.25) is 0 Å². The summed E-state index contributed by atoms with van der Waals surface area (Å²) in [7, 11) is 0. The number of fused-ring (bicyclic) bond motifs is 1. The van der Waals surface area contributed by atoms with Gasteiger partial charge in [0.15, 0.2) is 5.69 Å². The van der Waals surface area contributed by atoms with E-state index in [1.807, 2.05) is 6.07 Å². The van der Waals surface area contributed by atoms with E-state index in [0.29, 0.717) is 11.2 Å². The van der Waals surface area contributed by atoms with E-state index in [9.17, 15) is 9.18 Å². The minimum Gasteiger partial charge on any atom is -0.321 e. The van der Waals surface area contributed by atoms with Crippen LogP contribution in [0.1, 0.15) is 10.5 Å². The molecule has 1 aromatic carbocycles. The highest BCUT2D eigenvalue weighted by atomic mass is 35.5. The molecule has 1 amide bonds. The Bertz CT molecular complexity index is 783. The number of nitrogens with zero attached hydrogens (tertiary/aromatic N) is 2. The monoisotopic (exact) mass is 289 g/mol. The zero-order valence-corrected chi connectivity index (χ0v) is 10.9. The fraction of sp³-hybridized carbons (Fsp3) is 0. The molecule has 0 bridgehead atoms. The fourth-order valence-corrected chi connectivity index (χ4v) is 2.11. The molecule has 0 aliphatic heterocycles. The third kappa shape index (κ3) is 2.23. The van der Waals surface area contributed by atoms with Crippen LogP contribution in [0.5, 0.6) is 0 Å². The van der Waals surface area contributed by atoms with Crippen LogP contribution >= 0.6 is 11.6 Å². The minimum atomic E-state index is -0.440. The Kier molecular flexibility index (Phi) is 3.12. The standard InChI is InChI=1S/C14H9ClFN3O/c15-12-11-3-1-2-8-19(11)18-13(12)14(20)17-10-6-4-9(16)5-7-10/h1-8H,(H,17,20). The van der Waals surface area contributed by atoms with Crippen LogP contribution in [0, 0.1) is 5.82 Å². The summed E-state index contributed by atoms with van der Waals surface area (Å²) in [5, 5.41) is 7.03. The fourth-order valence-electron chi connectivity index (χ4n) is 1.84. The van der Waals surface area contributed by atoms with Crippen LogP contribution < -0.4 is 5.32 Å². The lowest BCUT2D eigenvalue weighted by molar-refractivity contribution is 0.102. The van der Waals surface area contributed by atoms with Crippen molar-refractivity contribution in [2.75, 3.05) is 5.32 Å². The Labute approximate surface area is 118 Å². The summed E-state index contributed by atoms with van der Waals surface area (Å²) in [5.41, 5.74) is 1.25. The van der Waals surface area contributed by atoms with Gasteiger partial charge in [0.1, 0.15) is 5.82 Å². The van der Waals surface area contributed by atoms with Crippen LogP contribution in [0.2, 0.25) is 5.02 Å². The predicted octanol–water partition coefficient (Wildman–Crippen LogP) is 3.38. The van der Waals surface area contributed by atoms with E-state index in [1.54, 1.807) is 18.3 Å². The van der Waals surface area contributed by atoms with Crippen molar-refractivity contribution in [3.05, 3.63) is 65.2 Å². The molecule has 0 saturated carbocycles. The van der Waals surface area contributed by atoms with E-state index in [1.165, 1.54) is 28.8 Å². The lowest BCUT2D eigenvalue weighted by atomic mass is 10.3. The molecule has 2 aromatic heterocycles. The van der Waals surface area contributed by atoms with Crippen LogP contribution in [-0.4, -0.2) is 15.5 Å². The van der Waals surface area contributed by atoms with Gasteiger partial charge >= 0.3 is 0 Å². The van der Waals surface area contributed by atoms with Crippen molar-refractivity contribution in [1.29, 1.82) is 0 Å². The number of hydrogen-bond donors (Lipinski definition) is 1. The van der Waals surface area contributed by atoms with E-state index in [0.717, 1.165) is 0 Å². The van der Waals surface area contributed by atoms with Crippen molar-refractivity contribution in [1.82, 2.24) is 9.61 Å². The molecule has 0 atom stereocenters. The third-order valence-corrected chi connectivity index (χ3v) is 3.17. The minimum absolute atomic E-state index is 0.127. The van der Waals surface area contributed by atoms with Crippen molar-refractivity contribution in [2.24, 2.45) is 0 Å². The molecule has 0 saturated heterocycles. The summed E-state index contributed by atoms with van der Waals surface area (Å²) in [6, 6.07) is 10.8. The SMILES string of the molecule is O=C(Nc1ccc(F)cc1)c1nn2ccccc2c1Cl. The number of halogens is 2. The smallest absolute Gasteiger partial charge is 0.277 e. The lowest BCUT2D eigenvalue weighted by Crippen LogP contribution is -2.13. The molecule has 0 radical (unpaired) electrons. The van der Waals surface area contributed by atoms with Crippen molar-refractivity contribution in [2.45, 2.75) is 0 Å². The van der Waals surface area contributed by atoms with E-state index in [2.05, 4.69) is 10.4 Å². The van der Waals surface area contributed by atoms with Gasteiger partial charge < -0.3 is 5.32 Å². The van der Waals surface area contributed by atoms with Gasteiger partial charge in [-0.05, 0) is 36.4 Å². The van der Waals surface area contributed by atoms with Gasteiger partial charge in [-0.25, -0.2) is 8.91 Å². The average molecular weight is 290 g/mol. The molecule has 20 heavy (non-hydrogen) atoms. The van der Waals surface area contributed by atoms with Crippen molar-refractivity contribution in [3.8, 4) is 0 Å². The second-order valence-electron chi connectivity index (χ2n) is 4.15. The number of carbonyl (C=O) groups is 1. The Balaban J connectivity index is 1.92. The predicted molar refractivity (Wildman–Crippen MR) is 74.6 cm³/mol. The first-order valence-electron chi connectivity index (χ1n) is 5.85. The molecule has 3 rings (SSSR count). The average Bonchev–Trinajstić information content (AvgIpc) is 2.79. The first kappa shape index (κ1) is 12.6. The third-order valence-electron chi connectivity index (χ3n) is 2.80. The summed E-state index contributed by atoms with van der Waals surface area (Å²) < 4.78 is 14.3. The Morgan fingerprint density at radius 3 is 2.65 bits per heavy atom. The van der Waals surface area contributed by atoms with Crippen LogP contribution in [-0.2, 0) is 0 Å². The zero-order valence-electron chi connectivity index (χ0n) is 10.2. The molecule has 0 aliphatic carbocycles. The van der Waals surface area contributed by atoms with Gasteiger partial charge in [-0.1, -0.05) is 17.7 Å². The number of carbonyl (C=O) groups excluding carboxylic acids is 1. The second kappa shape index (κ2) is 4.94. The number of anilines is 1. The number of amides is 1. The maximum Gasteiger partial charge on any atom is 0.277 e. The maximum atomic E-state index is 12.8. The number of benzene rings is 1. The van der Waals surface area contributed by atoms with Crippen LogP contribution in [0.15, 0.2) is 48.7 Å². The maximum absolute atomic E-state index is 12.8. The number of nitrogens with one attached hydrogen (secondary N) is 1. The number of aromatic nitrogens is 2. The van der Waals surface area contributed by atoms with Gasteiger partial charge in [-0.15, -0.1) is 0 Å². The van der Waals surface area contributed by atoms with Gasteiger partial charge in [-0.3, -0.25) is 4.79 Å². The molecule has 0 aliphatic rings. The molecule has 2 heterocycles. The Morgan fingerprint density at radius 2 is 1.95 bits per heavy atom. The van der Waals surface area contributed by atoms with Gasteiger partial charge in [0, 0.05) is 11.9 Å². The summed E-state index contributed by atoms with van der Waals surface area (Å²) in [6.45, 7) is 0. The largest absolute Gasteiger partial charge is 0.321 e. The van der Waals surface area contributed by atoms with Crippen molar-refractivity contribution >= 4 is 28.7 Å². The summed E-state index contributed by atoms with van der Waals surface area (Å²) >= 11 is 6.14. The molecular formula is C14H9ClFN3O. The van der Waals surface area contributed by atoms with Crippen LogP contribution in [0.3, 0.4) is 0 Å². The highest BCUT2D eigenvalue weighted by molar-refractivity contribution is 6.37. The number of rotatable bonds is 2. The molecule has 0 fully saturated rings. The molecule has 3 aromatic rings. The van der Waals surface area contributed by atoms with Crippen molar-refractivity contribution < 1.29 is 9.18 Å². The molecule has 0 spiro atoms. The topological polar surface area (TPSA) is 46.4 Å². The molecule has 0 unspecified atom stereocenters. The first-order chi connectivity index (χ1) is 9.65. The number of hydrogen-bond acceptors (Lipinski definition) is 2. The normalized spacial score (nSPS) is 10.7. The zero-order chi connectivity index (χ0) is 14.1. The molecule has 6 heteroatoms. The van der Waals surface area contributed by atoms with E-state index in [-0.39, 0.29) is 16.5 Å². The lowest BCUT2D eigenvalue weighted by Gasteiger charge is -2.02. The molecule has 100 valence electrons. The summed E-state index contributed by atoms with van der Waals surface area (Å²) in [5.74, 6) is -0.806. The Morgan fingerprint density at radius 1 is 1.20 bits per heavy atom. The summed E-state index contributed by atoms with van der Waals surface area (Å²) in [4.78, 5) is 12.1. The molecule has 1 N–H and O–H groups in total. The summed E-state index contributed by atoms with van der Waals surface area (Å²) in [6.07, 6.45) is 1.70. The highest BCUT2D eigenvalue weighted by Crippen LogP contribution is 2.22. The van der Waals surface area contributed by atoms with E-state index in [4.69, 9.17) is 11.6 Å². The van der Waals surface area contributed by atoms with Gasteiger partial charge in [0.25, 0.3) is 5.91 Å². The van der Waals surface area contributed by atoms with Gasteiger partial charge in [0.05, 0.1) is 10.5 Å². The highest BCUT2D eigenvalue weighted by Gasteiger charge is 2.17. The number of pyridine rings is 1. The van der Waals surface area contributed by atoms with Crippen LogP contribution in [0.25, 0.3) is 5.52 Å². The molecule has 4 nitrogen and oxygen atoms in total. The van der Waals surface area contributed by atoms with Crippen molar-refractivity contribution in [3.63, 3.8) is 0 Å². The van der Waals surface area contributed by atoms with Crippen LogP contribution in [0.4, 0.5) is 10.1 Å².